The van der Waals surface area contributed by atoms with Crippen molar-refractivity contribution in [2.75, 3.05) is 33.6 Å². The molecule has 2 amide bonds. The van der Waals surface area contributed by atoms with Gasteiger partial charge in [-0.05, 0) is 42.2 Å². The van der Waals surface area contributed by atoms with Gasteiger partial charge in [-0.3, -0.25) is 9.59 Å². The third-order valence-corrected chi connectivity index (χ3v) is 7.22. The summed E-state index contributed by atoms with van der Waals surface area (Å²) in [7, 11) is 0. The Bertz CT molecular complexity index is 799. The molecule has 0 bridgehead atoms. The maximum Gasteiger partial charge on any atom is 0.234 e. The number of amides is 2. The number of thioether (sulfide) groups is 2. The number of halogens is 4. The number of hydrogen-bond donors (Lipinski definition) is 2. The highest BCUT2D eigenvalue weighted by atomic mass is 35.5. The van der Waals surface area contributed by atoms with Gasteiger partial charge in [-0.1, -0.05) is 58.5 Å². The van der Waals surface area contributed by atoms with Crippen molar-refractivity contribution in [3.63, 3.8) is 0 Å². The summed E-state index contributed by atoms with van der Waals surface area (Å²) in [5.41, 5.74) is 1.01. The highest BCUT2D eigenvalue weighted by Crippen LogP contribution is 2.30. The van der Waals surface area contributed by atoms with Gasteiger partial charge in [0.15, 0.2) is 0 Å². The van der Waals surface area contributed by atoms with Crippen LogP contribution >= 0.6 is 69.9 Å². The number of hydrogen-bond acceptors (Lipinski definition) is 4. The number of nitrogens with one attached hydrogen (secondary N) is 2. The molecule has 0 radical (unpaired) electrons. The predicted octanol–water partition coefficient (Wildman–Crippen LogP) is 6.73. The van der Waals surface area contributed by atoms with Crippen molar-refractivity contribution >= 4 is 93.1 Å². The lowest BCUT2D eigenvalue weighted by atomic mass is 10.3. The van der Waals surface area contributed by atoms with E-state index in [9.17, 15) is 9.59 Å². The molecule has 0 aliphatic rings. The fourth-order valence-corrected chi connectivity index (χ4v) is 4.55. The third-order valence-electron chi connectivity index (χ3n) is 3.50. The molecule has 10 heteroatoms. The summed E-state index contributed by atoms with van der Waals surface area (Å²) >= 11 is 27.0. The van der Waals surface area contributed by atoms with Gasteiger partial charge in [0.1, 0.15) is 0 Å². The SMILES string of the molecule is O=C(CSCCCSCC(=O)Nc1cccc(Cl)c1Cl)Nc1cccc(Cl)c1Cl. The maximum absolute atomic E-state index is 12.0. The number of anilines is 2. The molecule has 0 unspecified atom stereocenters. The molecule has 0 spiro atoms. The number of carbonyl (C=O) groups is 2. The van der Waals surface area contributed by atoms with E-state index < -0.39 is 0 Å². The van der Waals surface area contributed by atoms with Crippen LogP contribution in [-0.4, -0.2) is 34.8 Å². The molecular formula is C19H18Cl4N2O2S2. The number of benzene rings is 2. The van der Waals surface area contributed by atoms with Crippen molar-refractivity contribution in [1.29, 1.82) is 0 Å². The van der Waals surface area contributed by atoms with E-state index in [0.717, 1.165) is 17.9 Å². The van der Waals surface area contributed by atoms with Gasteiger partial charge in [0.05, 0.1) is 43.0 Å². The molecule has 0 aromatic heterocycles. The summed E-state index contributed by atoms with van der Waals surface area (Å²) in [6.07, 6.45) is 0.881. The van der Waals surface area contributed by atoms with E-state index in [1.165, 1.54) is 23.5 Å². The lowest BCUT2D eigenvalue weighted by Gasteiger charge is -2.08. The molecule has 0 aliphatic carbocycles. The maximum atomic E-state index is 12.0. The van der Waals surface area contributed by atoms with E-state index in [1.807, 2.05) is 0 Å². The molecule has 0 atom stereocenters. The molecule has 156 valence electrons. The molecule has 0 aliphatic heterocycles. The average molecular weight is 512 g/mol. The first-order valence-electron chi connectivity index (χ1n) is 8.51. The lowest BCUT2D eigenvalue weighted by Crippen LogP contribution is -2.15. The monoisotopic (exact) mass is 510 g/mol. The van der Waals surface area contributed by atoms with Gasteiger partial charge in [-0.25, -0.2) is 0 Å². The fraction of sp³-hybridized carbons (Fsp3) is 0.263. The predicted molar refractivity (Wildman–Crippen MR) is 129 cm³/mol. The van der Waals surface area contributed by atoms with E-state index in [4.69, 9.17) is 46.4 Å². The molecule has 2 rings (SSSR count). The van der Waals surface area contributed by atoms with E-state index in [0.29, 0.717) is 43.0 Å². The van der Waals surface area contributed by atoms with Crippen molar-refractivity contribution < 1.29 is 9.59 Å². The zero-order valence-electron chi connectivity index (χ0n) is 15.1. The smallest absolute Gasteiger partial charge is 0.234 e. The fourth-order valence-electron chi connectivity index (χ4n) is 2.17. The third kappa shape index (κ3) is 8.48. The molecule has 4 nitrogen and oxygen atoms in total. The van der Waals surface area contributed by atoms with Gasteiger partial charge in [0.25, 0.3) is 0 Å². The first-order valence-corrected chi connectivity index (χ1v) is 12.3. The van der Waals surface area contributed by atoms with Crippen LogP contribution in [0.1, 0.15) is 6.42 Å². The van der Waals surface area contributed by atoms with Crippen LogP contribution in [0.3, 0.4) is 0 Å². The van der Waals surface area contributed by atoms with Gasteiger partial charge in [-0.15, -0.1) is 0 Å². The molecule has 0 saturated heterocycles. The van der Waals surface area contributed by atoms with E-state index in [-0.39, 0.29) is 11.8 Å². The van der Waals surface area contributed by atoms with Gasteiger partial charge in [-0.2, -0.15) is 23.5 Å². The van der Waals surface area contributed by atoms with Crippen LogP contribution in [0.15, 0.2) is 36.4 Å². The molecule has 2 aromatic rings. The highest BCUT2D eigenvalue weighted by molar-refractivity contribution is 8.00. The Balaban J connectivity index is 1.56. The Morgan fingerprint density at radius 1 is 0.724 bits per heavy atom. The van der Waals surface area contributed by atoms with Crippen LogP contribution in [0.2, 0.25) is 20.1 Å². The average Bonchev–Trinajstić information content (AvgIpc) is 2.68. The van der Waals surface area contributed by atoms with Crippen LogP contribution in [-0.2, 0) is 9.59 Å². The van der Waals surface area contributed by atoms with E-state index in [2.05, 4.69) is 10.6 Å². The van der Waals surface area contributed by atoms with Gasteiger partial charge in [0, 0.05) is 0 Å². The molecular weight excluding hydrogens is 494 g/mol. The molecule has 2 aromatic carbocycles. The second-order valence-corrected chi connectivity index (χ2v) is 9.54. The highest BCUT2D eigenvalue weighted by Gasteiger charge is 2.09. The summed E-state index contributed by atoms with van der Waals surface area (Å²) in [4.78, 5) is 23.9. The summed E-state index contributed by atoms with van der Waals surface area (Å²) in [6.45, 7) is 0. The number of carbonyl (C=O) groups excluding carboxylic acids is 2. The number of rotatable bonds is 10. The normalized spacial score (nSPS) is 10.6. The minimum absolute atomic E-state index is 0.135. The van der Waals surface area contributed by atoms with Crippen LogP contribution in [0.5, 0.6) is 0 Å². The van der Waals surface area contributed by atoms with Gasteiger partial charge >= 0.3 is 0 Å². The molecule has 0 fully saturated rings. The van der Waals surface area contributed by atoms with Gasteiger partial charge < -0.3 is 10.6 Å². The summed E-state index contributed by atoms with van der Waals surface area (Å²) in [6, 6.07) is 10.2. The van der Waals surface area contributed by atoms with Crippen molar-refractivity contribution in [2.24, 2.45) is 0 Å². The quantitative estimate of drug-likeness (QED) is 0.347. The lowest BCUT2D eigenvalue weighted by molar-refractivity contribution is -0.114. The molecule has 0 saturated carbocycles. The van der Waals surface area contributed by atoms with E-state index >= 15 is 0 Å². The Hall–Kier alpha value is -0.760. The topological polar surface area (TPSA) is 58.2 Å². The summed E-state index contributed by atoms with van der Waals surface area (Å²) < 4.78 is 0. The molecule has 2 N–H and O–H groups in total. The van der Waals surface area contributed by atoms with Crippen LogP contribution in [0.4, 0.5) is 11.4 Å². The van der Waals surface area contributed by atoms with Gasteiger partial charge in [0.2, 0.25) is 11.8 Å². The summed E-state index contributed by atoms with van der Waals surface area (Å²) in [5.74, 6) is 1.99. The Labute approximate surface area is 198 Å². The van der Waals surface area contributed by atoms with E-state index in [1.54, 1.807) is 36.4 Å². The van der Waals surface area contributed by atoms with Crippen molar-refractivity contribution in [1.82, 2.24) is 0 Å². The van der Waals surface area contributed by atoms with Crippen molar-refractivity contribution in [2.45, 2.75) is 6.42 Å². The summed E-state index contributed by atoms with van der Waals surface area (Å²) in [5, 5.41) is 6.96. The zero-order valence-corrected chi connectivity index (χ0v) is 19.8. The van der Waals surface area contributed by atoms with Crippen LogP contribution in [0.25, 0.3) is 0 Å². The molecule has 29 heavy (non-hydrogen) atoms. The second kappa shape index (κ2) is 12.8. The Morgan fingerprint density at radius 3 is 1.55 bits per heavy atom. The largest absolute Gasteiger partial charge is 0.324 e. The first-order chi connectivity index (χ1) is 13.9. The Kier molecular flexibility index (Phi) is 10.8. The van der Waals surface area contributed by atoms with Crippen molar-refractivity contribution in [3.8, 4) is 0 Å². The Morgan fingerprint density at radius 2 is 1.14 bits per heavy atom. The van der Waals surface area contributed by atoms with Crippen LogP contribution in [0, 0.1) is 0 Å². The van der Waals surface area contributed by atoms with Crippen LogP contribution < -0.4 is 10.6 Å². The minimum Gasteiger partial charge on any atom is -0.324 e. The second-order valence-electron chi connectivity index (χ2n) is 5.76. The minimum atomic E-state index is -0.135. The molecule has 0 heterocycles. The first kappa shape index (κ1) is 24.5. The zero-order chi connectivity index (χ0) is 21.2. The standard InChI is InChI=1S/C19H18Cl4N2O2S2/c20-12-4-1-6-14(18(12)22)24-16(26)10-28-8-3-9-29-11-17(27)25-15-7-2-5-13(21)19(15)23/h1-2,4-7H,3,8-11H2,(H,24,26)(H,25,27). The van der Waals surface area contributed by atoms with Crippen molar-refractivity contribution in [3.05, 3.63) is 56.5 Å².